The largest absolute Gasteiger partial charge is 0.398 e. The summed E-state index contributed by atoms with van der Waals surface area (Å²) in [7, 11) is -3.76. The maximum Gasteiger partial charge on any atom is 0.261 e. The van der Waals surface area contributed by atoms with E-state index in [9.17, 15) is 12.8 Å². The highest BCUT2D eigenvalue weighted by atomic mass is 32.2. The lowest BCUT2D eigenvalue weighted by molar-refractivity contribution is 0.600. The van der Waals surface area contributed by atoms with E-state index in [1.165, 1.54) is 24.3 Å². The fourth-order valence-electron chi connectivity index (χ4n) is 1.93. The third-order valence-corrected chi connectivity index (χ3v) is 4.76. The molecule has 0 aromatic heterocycles. The van der Waals surface area contributed by atoms with Crippen LogP contribution in [0.3, 0.4) is 0 Å². The number of rotatable bonds is 3. The molecule has 0 spiro atoms. The van der Waals surface area contributed by atoms with Crippen LogP contribution in [0.25, 0.3) is 0 Å². The summed E-state index contributed by atoms with van der Waals surface area (Å²) < 4.78 is 40.3. The maximum atomic E-state index is 13.2. The van der Waals surface area contributed by atoms with E-state index in [2.05, 4.69) is 4.72 Å². The van der Waals surface area contributed by atoms with Crippen molar-refractivity contribution in [2.24, 2.45) is 0 Å². The van der Waals surface area contributed by atoms with Crippen molar-refractivity contribution < 1.29 is 12.8 Å². The Bertz CT molecular complexity index is 778. The van der Waals surface area contributed by atoms with Crippen LogP contribution in [0.15, 0.2) is 35.2 Å². The molecule has 0 unspecified atom stereocenters. The van der Waals surface area contributed by atoms with Crippen LogP contribution in [0.2, 0.25) is 0 Å². The normalized spacial score (nSPS) is 11.4. The number of hydrogen-bond acceptors (Lipinski definition) is 3. The number of hydrogen-bond donors (Lipinski definition) is 2. The van der Waals surface area contributed by atoms with Gasteiger partial charge >= 0.3 is 0 Å². The van der Waals surface area contributed by atoms with Crippen LogP contribution in [-0.4, -0.2) is 8.42 Å². The Morgan fingerprint density at radius 3 is 2.29 bits per heavy atom. The van der Waals surface area contributed by atoms with Gasteiger partial charge in [-0.3, -0.25) is 4.72 Å². The first-order valence-corrected chi connectivity index (χ1v) is 7.85. The van der Waals surface area contributed by atoms with Gasteiger partial charge in [0.1, 0.15) is 5.82 Å². The zero-order valence-corrected chi connectivity index (χ0v) is 12.9. The smallest absolute Gasteiger partial charge is 0.261 e. The molecule has 0 aliphatic heterocycles. The number of nitrogen functional groups attached to an aromatic ring is 1. The standard InChI is InChI=1S/C15H17FN2O2S/c1-9-7-13(8-15(17)11(9)3)21(19,20)18-12-4-5-14(16)10(2)6-12/h4-8,18H,17H2,1-3H3. The number of aryl methyl sites for hydroxylation is 2. The zero-order valence-electron chi connectivity index (χ0n) is 12.1. The van der Waals surface area contributed by atoms with Crippen molar-refractivity contribution in [2.45, 2.75) is 25.7 Å². The van der Waals surface area contributed by atoms with Crippen molar-refractivity contribution in [3.8, 4) is 0 Å². The Labute approximate surface area is 123 Å². The van der Waals surface area contributed by atoms with Crippen LogP contribution >= 0.6 is 0 Å². The summed E-state index contributed by atoms with van der Waals surface area (Å²) in [5.74, 6) is -0.381. The molecule has 3 N–H and O–H groups in total. The molecule has 0 heterocycles. The Morgan fingerprint density at radius 1 is 1.05 bits per heavy atom. The highest BCUT2D eigenvalue weighted by molar-refractivity contribution is 7.92. The number of nitrogens with two attached hydrogens (primary N) is 1. The van der Waals surface area contributed by atoms with Gasteiger partial charge in [-0.15, -0.1) is 0 Å². The Kier molecular flexibility index (Phi) is 3.91. The average Bonchev–Trinajstić information content (AvgIpc) is 2.39. The number of nitrogens with one attached hydrogen (secondary N) is 1. The Hall–Kier alpha value is -2.08. The minimum absolute atomic E-state index is 0.0880. The molecule has 0 atom stereocenters. The molecule has 6 heteroatoms. The summed E-state index contributed by atoms with van der Waals surface area (Å²) in [6.07, 6.45) is 0. The molecule has 0 saturated heterocycles. The lowest BCUT2D eigenvalue weighted by atomic mass is 10.1. The van der Waals surface area contributed by atoms with Gasteiger partial charge in [0.2, 0.25) is 0 Å². The van der Waals surface area contributed by atoms with Crippen molar-refractivity contribution in [2.75, 3.05) is 10.5 Å². The summed E-state index contributed by atoms with van der Waals surface area (Å²) in [6.45, 7) is 5.20. The molecular formula is C15H17FN2O2S. The van der Waals surface area contributed by atoms with Gasteiger partial charge in [0.05, 0.1) is 4.90 Å². The summed E-state index contributed by atoms with van der Waals surface area (Å²) in [6, 6.07) is 7.02. The van der Waals surface area contributed by atoms with Crippen molar-refractivity contribution in [3.63, 3.8) is 0 Å². The predicted molar refractivity (Wildman–Crippen MR) is 82.3 cm³/mol. The molecule has 0 aliphatic carbocycles. The first kappa shape index (κ1) is 15.3. The highest BCUT2D eigenvalue weighted by Crippen LogP contribution is 2.24. The highest BCUT2D eigenvalue weighted by Gasteiger charge is 2.17. The topological polar surface area (TPSA) is 72.2 Å². The monoisotopic (exact) mass is 308 g/mol. The number of benzene rings is 2. The number of anilines is 2. The van der Waals surface area contributed by atoms with Crippen molar-refractivity contribution in [3.05, 3.63) is 52.8 Å². The van der Waals surface area contributed by atoms with Crippen molar-refractivity contribution >= 4 is 21.4 Å². The maximum absolute atomic E-state index is 13.2. The van der Waals surface area contributed by atoms with Crippen LogP contribution in [0, 0.1) is 26.6 Å². The van der Waals surface area contributed by atoms with Gasteiger partial charge in [-0.1, -0.05) is 0 Å². The van der Waals surface area contributed by atoms with Crippen LogP contribution in [0.1, 0.15) is 16.7 Å². The summed E-state index contributed by atoms with van der Waals surface area (Å²) in [5.41, 5.74) is 8.57. The van der Waals surface area contributed by atoms with E-state index in [-0.39, 0.29) is 10.7 Å². The molecule has 0 bridgehead atoms. The molecule has 2 rings (SSSR count). The Balaban J connectivity index is 2.40. The average molecular weight is 308 g/mol. The zero-order chi connectivity index (χ0) is 15.8. The van der Waals surface area contributed by atoms with Gasteiger partial charge in [-0.2, -0.15) is 0 Å². The molecule has 4 nitrogen and oxygen atoms in total. The van der Waals surface area contributed by atoms with Crippen LogP contribution in [-0.2, 0) is 10.0 Å². The molecule has 2 aromatic carbocycles. The minimum atomic E-state index is -3.76. The third kappa shape index (κ3) is 3.16. The van der Waals surface area contributed by atoms with Gasteiger partial charge in [-0.05, 0) is 67.8 Å². The summed E-state index contributed by atoms with van der Waals surface area (Å²) >= 11 is 0. The fraction of sp³-hybridized carbons (Fsp3) is 0.200. The molecule has 112 valence electrons. The van der Waals surface area contributed by atoms with Gasteiger partial charge < -0.3 is 5.73 Å². The number of halogens is 1. The van der Waals surface area contributed by atoms with E-state index >= 15 is 0 Å². The first-order valence-electron chi connectivity index (χ1n) is 6.36. The van der Waals surface area contributed by atoms with Crippen LogP contribution in [0.5, 0.6) is 0 Å². The lowest BCUT2D eigenvalue weighted by Gasteiger charge is -2.12. The molecule has 2 aromatic rings. The quantitative estimate of drug-likeness (QED) is 0.856. The lowest BCUT2D eigenvalue weighted by Crippen LogP contribution is -2.14. The molecular weight excluding hydrogens is 291 g/mol. The Morgan fingerprint density at radius 2 is 1.71 bits per heavy atom. The van der Waals surface area contributed by atoms with Crippen molar-refractivity contribution in [1.82, 2.24) is 0 Å². The van der Waals surface area contributed by atoms with E-state index in [0.717, 1.165) is 11.1 Å². The van der Waals surface area contributed by atoms with Gasteiger partial charge in [0, 0.05) is 11.4 Å². The molecule has 0 aliphatic rings. The molecule has 0 saturated carbocycles. The van der Waals surface area contributed by atoms with E-state index in [1.807, 2.05) is 6.92 Å². The van der Waals surface area contributed by atoms with Gasteiger partial charge in [-0.25, -0.2) is 12.8 Å². The molecule has 0 amide bonds. The second-order valence-electron chi connectivity index (χ2n) is 5.02. The first-order chi connectivity index (χ1) is 9.70. The van der Waals surface area contributed by atoms with E-state index in [4.69, 9.17) is 5.73 Å². The van der Waals surface area contributed by atoms with E-state index < -0.39 is 10.0 Å². The molecule has 0 radical (unpaired) electrons. The SMILES string of the molecule is Cc1cc(NS(=O)(=O)c2cc(C)c(C)c(N)c2)ccc1F. The molecule has 21 heavy (non-hydrogen) atoms. The van der Waals surface area contributed by atoms with Crippen LogP contribution < -0.4 is 10.5 Å². The fourth-order valence-corrected chi connectivity index (χ4v) is 3.10. The van der Waals surface area contributed by atoms with Crippen molar-refractivity contribution in [1.29, 1.82) is 0 Å². The summed E-state index contributed by atoms with van der Waals surface area (Å²) in [5, 5.41) is 0. The van der Waals surface area contributed by atoms with E-state index in [0.29, 0.717) is 16.9 Å². The van der Waals surface area contributed by atoms with Gasteiger partial charge in [0.25, 0.3) is 10.0 Å². The predicted octanol–water partition coefficient (Wildman–Crippen LogP) is 3.13. The van der Waals surface area contributed by atoms with Gasteiger partial charge in [0.15, 0.2) is 0 Å². The second-order valence-corrected chi connectivity index (χ2v) is 6.71. The minimum Gasteiger partial charge on any atom is -0.398 e. The third-order valence-electron chi connectivity index (χ3n) is 3.40. The van der Waals surface area contributed by atoms with E-state index in [1.54, 1.807) is 19.9 Å². The summed E-state index contributed by atoms with van der Waals surface area (Å²) in [4.78, 5) is 0.0880. The molecule has 0 fully saturated rings. The number of sulfonamides is 1. The second kappa shape index (κ2) is 5.37. The van der Waals surface area contributed by atoms with Crippen LogP contribution in [0.4, 0.5) is 15.8 Å².